The number of nitrogens with zero attached hydrogens (tertiary/aromatic N) is 4. The smallest absolute Gasteiger partial charge is 0.191 e. The van der Waals surface area contributed by atoms with Crippen LogP contribution in [0.25, 0.3) is 0 Å². The molecule has 0 fully saturated rings. The van der Waals surface area contributed by atoms with E-state index in [0.29, 0.717) is 38.8 Å². The summed E-state index contributed by atoms with van der Waals surface area (Å²) in [6.07, 6.45) is 4.21. The highest BCUT2D eigenvalue weighted by Gasteiger charge is 2.03. The predicted octanol–water partition coefficient (Wildman–Crippen LogP) is 0.796. The lowest BCUT2D eigenvalue weighted by Gasteiger charge is -2.13. The third-order valence-corrected chi connectivity index (χ3v) is 3.40. The number of hydrogen-bond acceptors (Lipinski definition) is 6. The number of aryl methyl sites for hydroxylation is 1. The molecule has 0 aliphatic rings. The quantitative estimate of drug-likeness (QED) is 0.190. The zero-order valence-electron chi connectivity index (χ0n) is 14.9. The standard InChI is InChI=1S/C16H26N6O3.HI/c1-2-15-21-20-13-22(15)7-5-17-16(18-6-10-24-11-8-23)19-12-14-4-3-9-25-14;/h3-4,9,13,23H,2,5-8,10-12H2,1H3,(H2,17,18,19);1H. The minimum absolute atomic E-state index is 0. The molecule has 146 valence electrons. The Labute approximate surface area is 170 Å². The molecule has 0 saturated carbocycles. The zero-order chi connectivity index (χ0) is 17.7. The first-order chi connectivity index (χ1) is 12.3. The summed E-state index contributed by atoms with van der Waals surface area (Å²) in [6.45, 7) is 5.39. The number of nitrogens with one attached hydrogen (secondary N) is 2. The van der Waals surface area contributed by atoms with E-state index in [9.17, 15) is 0 Å². The van der Waals surface area contributed by atoms with Gasteiger partial charge in [-0.15, -0.1) is 34.2 Å². The van der Waals surface area contributed by atoms with Crippen molar-refractivity contribution in [3.05, 3.63) is 36.3 Å². The van der Waals surface area contributed by atoms with Crippen molar-refractivity contribution in [2.75, 3.05) is 32.9 Å². The summed E-state index contributed by atoms with van der Waals surface area (Å²) in [5.41, 5.74) is 0. The Morgan fingerprint density at radius 2 is 2.19 bits per heavy atom. The van der Waals surface area contributed by atoms with Crippen molar-refractivity contribution >= 4 is 29.9 Å². The van der Waals surface area contributed by atoms with Crippen LogP contribution in [0.4, 0.5) is 0 Å². The lowest BCUT2D eigenvalue weighted by molar-refractivity contribution is 0.0957. The maximum atomic E-state index is 8.71. The molecule has 2 aromatic rings. The number of rotatable bonds is 11. The van der Waals surface area contributed by atoms with Crippen molar-refractivity contribution in [2.24, 2.45) is 4.99 Å². The number of furan rings is 1. The largest absolute Gasteiger partial charge is 0.467 e. The van der Waals surface area contributed by atoms with Crippen LogP contribution in [0.1, 0.15) is 18.5 Å². The summed E-state index contributed by atoms with van der Waals surface area (Å²) in [6, 6.07) is 3.72. The fourth-order valence-corrected chi connectivity index (χ4v) is 2.18. The molecule has 2 rings (SSSR count). The Bertz CT molecular complexity index is 617. The molecule has 9 nitrogen and oxygen atoms in total. The van der Waals surface area contributed by atoms with Crippen molar-refractivity contribution in [1.29, 1.82) is 0 Å². The molecule has 0 bridgehead atoms. The van der Waals surface area contributed by atoms with Crippen LogP contribution in [0.3, 0.4) is 0 Å². The van der Waals surface area contributed by atoms with E-state index in [1.807, 2.05) is 16.7 Å². The van der Waals surface area contributed by atoms with Gasteiger partial charge in [0.2, 0.25) is 0 Å². The molecule has 0 atom stereocenters. The molecule has 0 saturated heterocycles. The summed E-state index contributed by atoms with van der Waals surface area (Å²) in [4.78, 5) is 4.50. The third-order valence-electron chi connectivity index (χ3n) is 3.40. The molecule has 0 aliphatic heterocycles. The summed E-state index contributed by atoms with van der Waals surface area (Å²) >= 11 is 0. The molecule has 3 N–H and O–H groups in total. The molecular weight excluding hydrogens is 451 g/mol. The lowest BCUT2D eigenvalue weighted by Crippen LogP contribution is -2.40. The molecule has 0 aliphatic carbocycles. The molecule has 26 heavy (non-hydrogen) atoms. The molecule has 0 radical (unpaired) electrons. The van der Waals surface area contributed by atoms with E-state index in [1.54, 1.807) is 12.6 Å². The second-order valence-corrected chi connectivity index (χ2v) is 5.23. The van der Waals surface area contributed by atoms with Crippen molar-refractivity contribution < 1.29 is 14.3 Å². The molecule has 0 aromatic carbocycles. The Balaban J connectivity index is 0.00000338. The Hall–Kier alpha value is -1.66. The van der Waals surface area contributed by atoms with Crippen molar-refractivity contribution in [3.8, 4) is 0 Å². The molecule has 2 aromatic heterocycles. The van der Waals surface area contributed by atoms with E-state index in [2.05, 4.69) is 32.7 Å². The summed E-state index contributed by atoms with van der Waals surface area (Å²) in [5.74, 6) is 2.43. The molecule has 0 amide bonds. The Morgan fingerprint density at radius 3 is 2.92 bits per heavy atom. The number of halogens is 1. The minimum atomic E-state index is 0. The highest BCUT2D eigenvalue weighted by atomic mass is 127. The van der Waals surface area contributed by atoms with E-state index >= 15 is 0 Å². The van der Waals surface area contributed by atoms with E-state index < -0.39 is 0 Å². The fourth-order valence-electron chi connectivity index (χ4n) is 2.18. The topological polar surface area (TPSA) is 110 Å². The van der Waals surface area contributed by atoms with Crippen LogP contribution in [0.15, 0.2) is 34.1 Å². The van der Waals surface area contributed by atoms with Gasteiger partial charge >= 0.3 is 0 Å². The first-order valence-corrected chi connectivity index (χ1v) is 8.43. The van der Waals surface area contributed by atoms with Gasteiger partial charge in [-0.1, -0.05) is 6.92 Å². The second-order valence-electron chi connectivity index (χ2n) is 5.23. The van der Waals surface area contributed by atoms with E-state index in [4.69, 9.17) is 14.3 Å². The number of hydrogen-bond donors (Lipinski definition) is 3. The number of aromatic nitrogens is 3. The first kappa shape index (κ1) is 22.4. The second kappa shape index (κ2) is 13.5. The molecular formula is C16H27IN6O3. The minimum Gasteiger partial charge on any atom is -0.467 e. The number of aliphatic hydroxyl groups excluding tert-OH is 1. The van der Waals surface area contributed by atoms with Crippen molar-refractivity contribution in [2.45, 2.75) is 26.4 Å². The van der Waals surface area contributed by atoms with Crippen molar-refractivity contribution in [3.63, 3.8) is 0 Å². The van der Waals surface area contributed by atoms with E-state index in [0.717, 1.165) is 24.6 Å². The summed E-state index contributed by atoms with van der Waals surface area (Å²) < 4.78 is 12.6. The number of ether oxygens (including phenoxy) is 1. The van der Waals surface area contributed by atoms with Crippen LogP contribution in [-0.2, 0) is 24.2 Å². The Morgan fingerprint density at radius 1 is 1.35 bits per heavy atom. The predicted molar refractivity (Wildman–Crippen MR) is 109 cm³/mol. The van der Waals surface area contributed by atoms with Crippen LogP contribution < -0.4 is 10.6 Å². The monoisotopic (exact) mass is 478 g/mol. The van der Waals surface area contributed by atoms with Gasteiger partial charge in [-0.05, 0) is 12.1 Å². The van der Waals surface area contributed by atoms with Gasteiger partial charge in [0.25, 0.3) is 0 Å². The van der Waals surface area contributed by atoms with Gasteiger partial charge in [0.15, 0.2) is 5.96 Å². The van der Waals surface area contributed by atoms with Gasteiger partial charge in [-0.2, -0.15) is 0 Å². The summed E-state index contributed by atoms with van der Waals surface area (Å²) in [5, 5.41) is 23.2. The molecule has 0 spiro atoms. The average molecular weight is 478 g/mol. The van der Waals surface area contributed by atoms with E-state index in [1.165, 1.54) is 0 Å². The van der Waals surface area contributed by atoms with Gasteiger partial charge in [0.05, 0.1) is 26.1 Å². The molecule has 0 unspecified atom stereocenters. The highest BCUT2D eigenvalue weighted by molar-refractivity contribution is 14.0. The molecule has 2 heterocycles. The van der Waals surface area contributed by atoms with Gasteiger partial charge < -0.3 is 29.5 Å². The van der Waals surface area contributed by atoms with Crippen LogP contribution in [-0.4, -0.2) is 58.7 Å². The Kier molecular flexibility index (Phi) is 11.6. The van der Waals surface area contributed by atoms with Crippen LogP contribution in [0, 0.1) is 0 Å². The SMILES string of the molecule is CCc1nncn1CCNC(=NCc1ccco1)NCCOCCO.I. The number of guanidine groups is 1. The van der Waals surface area contributed by atoms with Gasteiger partial charge in [0.1, 0.15) is 24.5 Å². The average Bonchev–Trinajstić information content (AvgIpc) is 3.30. The third kappa shape index (κ3) is 8.15. The number of aliphatic imine (C=N–C) groups is 1. The lowest BCUT2D eigenvalue weighted by atomic mass is 10.4. The van der Waals surface area contributed by atoms with Crippen LogP contribution in [0.5, 0.6) is 0 Å². The molecule has 10 heteroatoms. The maximum absolute atomic E-state index is 8.71. The van der Waals surface area contributed by atoms with Crippen LogP contribution >= 0.6 is 24.0 Å². The van der Waals surface area contributed by atoms with Gasteiger partial charge in [0, 0.05) is 26.1 Å². The van der Waals surface area contributed by atoms with Crippen molar-refractivity contribution in [1.82, 2.24) is 25.4 Å². The normalized spacial score (nSPS) is 11.2. The van der Waals surface area contributed by atoms with E-state index in [-0.39, 0.29) is 30.6 Å². The summed E-state index contributed by atoms with van der Waals surface area (Å²) in [7, 11) is 0. The maximum Gasteiger partial charge on any atom is 0.191 e. The van der Waals surface area contributed by atoms with Gasteiger partial charge in [-0.25, -0.2) is 4.99 Å². The van der Waals surface area contributed by atoms with Gasteiger partial charge in [-0.3, -0.25) is 0 Å². The first-order valence-electron chi connectivity index (χ1n) is 8.43. The zero-order valence-corrected chi connectivity index (χ0v) is 17.3. The number of aliphatic hydroxyl groups is 1. The van der Waals surface area contributed by atoms with Crippen LogP contribution in [0.2, 0.25) is 0 Å². The highest BCUT2D eigenvalue weighted by Crippen LogP contribution is 2.01. The fraction of sp³-hybridized carbons (Fsp3) is 0.562.